The Kier molecular flexibility index (Phi) is 6.93. The van der Waals surface area contributed by atoms with Crippen LogP contribution in [0.4, 0.5) is 0 Å². The number of aliphatic carboxylic acids is 1. The molecule has 0 fully saturated rings. The third kappa shape index (κ3) is 4.56. The smallest absolute Gasteiger partial charge is 0.336 e. The van der Waals surface area contributed by atoms with Crippen LogP contribution in [0.15, 0.2) is 30.0 Å². The maximum atomic E-state index is 11.6. The molecular weight excluding hydrogens is 402 g/mol. The monoisotopic (exact) mass is 433 g/mol. The summed E-state index contributed by atoms with van der Waals surface area (Å²) >= 11 is 0. The lowest BCUT2D eigenvalue weighted by molar-refractivity contribution is -0.133. The average Bonchev–Trinajstić information content (AvgIpc) is 2.74. The molecule has 0 aromatic heterocycles. The van der Waals surface area contributed by atoms with E-state index in [1.54, 1.807) is 20.3 Å². The lowest BCUT2D eigenvalue weighted by atomic mass is 9.76. The average molecular weight is 434 g/mol. The lowest BCUT2D eigenvalue weighted by Gasteiger charge is -2.47. The Bertz CT molecular complexity index is 890. The van der Waals surface area contributed by atoms with Crippen molar-refractivity contribution in [3.05, 3.63) is 41.1 Å². The van der Waals surface area contributed by atoms with E-state index in [4.69, 9.17) is 14.2 Å². The van der Waals surface area contributed by atoms with Crippen molar-refractivity contribution in [3.63, 3.8) is 0 Å². The van der Waals surface area contributed by atoms with Gasteiger partial charge in [-0.2, -0.15) is 0 Å². The van der Waals surface area contributed by atoms with E-state index in [9.17, 15) is 20.1 Å². The van der Waals surface area contributed by atoms with Crippen molar-refractivity contribution in [2.45, 2.75) is 38.8 Å². The SMILES string of the molecule is COCCCOc1cc2c(cc1OC)C1=CC(O)C(C(=O)O)=CN1C(C(C)(C)CO)C2. The Morgan fingerprint density at radius 3 is 2.58 bits per heavy atom. The van der Waals surface area contributed by atoms with Gasteiger partial charge in [0, 0.05) is 49.1 Å². The Balaban J connectivity index is 2.07. The number of benzene rings is 1. The fourth-order valence-electron chi connectivity index (χ4n) is 4.02. The summed E-state index contributed by atoms with van der Waals surface area (Å²) in [7, 11) is 3.21. The largest absolute Gasteiger partial charge is 0.493 e. The summed E-state index contributed by atoms with van der Waals surface area (Å²) in [5.41, 5.74) is 1.88. The van der Waals surface area contributed by atoms with Crippen LogP contribution in [0.1, 0.15) is 31.4 Å². The number of aliphatic hydroxyl groups is 2. The van der Waals surface area contributed by atoms with Crippen molar-refractivity contribution >= 4 is 11.7 Å². The van der Waals surface area contributed by atoms with Gasteiger partial charge < -0.3 is 34.4 Å². The molecule has 0 saturated carbocycles. The van der Waals surface area contributed by atoms with Crippen molar-refractivity contribution in [1.29, 1.82) is 0 Å². The second kappa shape index (κ2) is 9.30. The van der Waals surface area contributed by atoms with Gasteiger partial charge >= 0.3 is 5.97 Å². The molecule has 3 N–H and O–H groups in total. The van der Waals surface area contributed by atoms with E-state index >= 15 is 0 Å². The first-order valence-electron chi connectivity index (χ1n) is 10.3. The second-order valence-electron chi connectivity index (χ2n) is 8.52. The number of aliphatic hydroxyl groups excluding tert-OH is 2. The number of hydrogen-bond donors (Lipinski definition) is 3. The number of nitrogens with zero attached hydrogens (tertiary/aromatic N) is 1. The topological polar surface area (TPSA) is 109 Å². The molecule has 8 nitrogen and oxygen atoms in total. The van der Waals surface area contributed by atoms with Gasteiger partial charge in [-0.1, -0.05) is 13.8 Å². The lowest BCUT2D eigenvalue weighted by Crippen LogP contribution is -2.49. The van der Waals surface area contributed by atoms with Crippen LogP contribution in [0.2, 0.25) is 0 Å². The number of hydrogen-bond acceptors (Lipinski definition) is 7. The van der Waals surface area contributed by atoms with Crippen LogP contribution in [0.5, 0.6) is 11.5 Å². The minimum absolute atomic E-state index is 0.0773. The van der Waals surface area contributed by atoms with Gasteiger partial charge in [-0.05, 0) is 30.2 Å². The molecule has 170 valence electrons. The highest BCUT2D eigenvalue weighted by Gasteiger charge is 2.41. The first-order valence-corrected chi connectivity index (χ1v) is 10.3. The number of fused-ring (bicyclic) bond motifs is 3. The zero-order valence-electron chi connectivity index (χ0n) is 18.4. The van der Waals surface area contributed by atoms with E-state index in [0.29, 0.717) is 36.8 Å². The van der Waals surface area contributed by atoms with Gasteiger partial charge in [-0.3, -0.25) is 0 Å². The molecular formula is C23H31NO7. The fraction of sp³-hybridized carbons (Fsp3) is 0.522. The standard InChI is InChI=1S/C23H31NO7/c1-23(2,13-25)21-9-14-8-20(31-7-5-6-29-3)19(30-4)10-15(14)17-11-18(26)16(22(27)28)12-24(17)21/h8,10-12,18,21,25-26H,5-7,9,13H2,1-4H3,(H,27,28). The predicted octanol–water partition coefficient (Wildman–Crippen LogP) is 2.04. The summed E-state index contributed by atoms with van der Waals surface area (Å²) in [4.78, 5) is 13.5. The minimum atomic E-state index is -1.23. The fourth-order valence-corrected chi connectivity index (χ4v) is 4.02. The van der Waals surface area contributed by atoms with Crippen molar-refractivity contribution in [3.8, 4) is 11.5 Å². The summed E-state index contributed by atoms with van der Waals surface area (Å²) in [6.45, 7) is 4.87. The van der Waals surface area contributed by atoms with Gasteiger partial charge in [0.15, 0.2) is 11.5 Å². The summed E-state index contributed by atoms with van der Waals surface area (Å²) in [5.74, 6) is -0.00370. The zero-order chi connectivity index (χ0) is 22.8. The molecule has 0 bridgehead atoms. The summed E-state index contributed by atoms with van der Waals surface area (Å²) in [6.07, 6.45) is 3.10. The van der Waals surface area contributed by atoms with Crippen LogP contribution in [-0.4, -0.2) is 72.4 Å². The summed E-state index contributed by atoms with van der Waals surface area (Å²) in [6, 6.07) is 3.57. The van der Waals surface area contributed by atoms with Crippen molar-refractivity contribution < 1.29 is 34.3 Å². The molecule has 8 heteroatoms. The van der Waals surface area contributed by atoms with Crippen molar-refractivity contribution in [2.75, 3.05) is 34.0 Å². The van der Waals surface area contributed by atoms with Crippen LogP contribution < -0.4 is 9.47 Å². The van der Waals surface area contributed by atoms with E-state index in [2.05, 4.69) is 0 Å². The molecule has 2 aliphatic heterocycles. The van der Waals surface area contributed by atoms with E-state index in [1.807, 2.05) is 30.9 Å². The summed E-state index contributed by atoms with van der Waals surface area (Å²) in [5, 5.41) is 30.0. The molecule has 2 heterocycles. The number of carbonyl (C=O) groups is 1. The van der Waals surface area contributed by atoms with Crippen LogP contribution in [0.25, 0.3) is 5.70 Å². The number of carboxylic acid groups (broad SMARTS) is 1. The molecule has 31 heavy (non-hydrogen) atoms. The summed E-state index contributed by atoms with van der Waals surface area (Å²) < 4.78 is 16.5. The van der Waals surface area contributed by atoms with Gasteiger partial charge in [-0.15, -0.1) is 0 Å². The molecule has 1 aromatic rings. The third-order valence-corrected chi connectivity index (χ3v) is 5.91. The van der Waals surface area contributed by atoms with E-state index < -0.39 is 17.5 Å². The van der Waals surface area contributed by atoms with Gasteiger partial charge in [0.2, 0.25) is 0 Å². The molecule has 1 aromatic carbocycles. The van der Waals surface area contributed by atoms with Crippen LogP contribution in [0.3, 0.4) is 0 Å². The maximum absolute atomic E-state index is 11.6. The minimum Gasteiger partial charge on any atom is -0.493 e. The number of ether oxygens (including phenoxy) is 3. The Hall–Kier alpha value is -2.55. The van der Waals surface area contributed by atoms with E-state index in [0.717, 1.165) is 17.5 Å². The predicted molar refractivity (Wildman–Crippen MR) is 115 cm³/mol. The molecule has 0 radical (unpaired) electrons. The molecule has 0 saturated heterocycles. The highest BCUT2D eigenvalue weighted by Crippen LogP contribution is 2.45. The van der Waals surface area contributed by atoms with Gasteiger partial charge in [-0.25, -0.2) is 4.79 Å². The zero-order valence-corrected chi connectivity index (χ0v) is 18.4. The number of methoxy groups -OCH3 is 2. The Labute approximate surface area is 182 Å². The maximum Gasteiger partial charge on any atom is 0.336 e. The third-order valence-electron chi connectivity index (χ3n) is 5.91. The highest BCUT2D eigenvalue weighted by molar-refractivity contribution is 5.90. The first kappa shape index (κ1) is 23.1. The van der Waals surface area contributed by atoms with Crippen LogP contribution in [0, 0.1) is 5.41 Å². The highest BCUT2D eigenvalue weighted by atomic mass is 16.5. The van der Waals surface area contributed by atoms with Crippen LogP contribution in [-0.2, 0) is 16.0 Å². The van der Waals surface area contributed by atoms with E-state index in [1.165, 1.54) is 6.20 Å². The second-order valence-corrected chi connectivity index (χ2v) is 8.52. The van der Waals surface area contributed by atoms with Gasteiger partial charge in [0.1, 0.15) is 6.10 Å². The molecule has 2 atom stereocenters. The Morgan fingerprint density at radius 2 is 1.97 bits per heavy atom. The van der Waals surface area contributed by atoms with Crippen LogP contribution >= 0.6 is 0 Å². The molecule has 0 spiro atoms. The molecule has 2 aliphatic rings. The molecule has 0 aliphatic carbocycles. The van der Waals surface area contributed by atoms with Crippen molar-refractivity contribution in [2.24, 2.45) is 5.41 Å². The first-order chi connectivity index (χ1) is 14.7. The normalized spacial score (nSPS) is 20.4. The molecule has 2 unspecified atom stereocenters. The number of carboxylic acids is 1. The van der Waals surface area contributed by atoms with E-state index in [-0.39, 0.29) is 18.2 Å². The van der Waals surface area contributed by atoms with Crippen molar-refractivity contribution in [1.82, 2.24) is 4.90 Å². The van der Waals surface area contributed by atoms with Gasteiger partial charge in [0.05, 0.1) is 25.9 Å². The number of rotatable bonds is 9. The molecule has 0 amide bonds. The van der Waals surface area contributed by atoms with Gasteiger partial charge in [0.25, 0.3) is 0 Å². The Morgan fingerprint density at radius 1 is 1.23 bits per heavy atom. The molecule has 3 rings (SSSR count). The quantitative estimate of drug-likeness (QED) is 0.508.